The number of nitrogens with zero attached hydrogens (tertiary/aromatic N) is 2. The van der Waals surface area contributed by atoms with Crippen molar-refractivity contribution in [3.05, 3.63) is 47.8 Å². The highest BCUT2D eigenvalue weighted by Gasteiger charge is 2.29. The maximum atomic E-state index is 12.6. The first-order chi connectivity index (χ1) is 12.0. The maximum Gasteiger partial charge on any atom is 0.255 e. The molecule has 0 radical (unpaired) electrons. The summed E-state index contributed by atoms with van der Waals surface area (Å²) in [7, 11) is -3.41. The van der Waals surface area contributed by atoms with Crippen LogP contribution in [0.25, 0.3) is 11.0 Å². The Morgan fingerprint density at radius 2 is 2.04 bits per heavy atom. The first kappa shape index (κ1) is 21.1. The van der Waals surface area contributed by atoms with E-state index in [-0.39, 0.29) is 47.1 Å². The van der Waals surface area contributed by atoms with Crippen LogP contribution >= 0.6 is 24.8 Å². The lowest BCUT2D eigenvalue weighted by molar-refractivity contribution is 0.102. The largest absolute Gasteiger partial charge is 0.324 e. The summed E-state index contributed by atoms with van der Waals surface area (Å²) in [6.07, 6.45) is 3.50. The van der Waals surface area contributed by atoms with Gasteiger partial charge in [-0.3, -0.25) is 9.89 Å². The second kappa shape index (κ2) is 7.81. The van der Waals surface area contributed by atoms with Crippen LogP contribution in [0.15, 0.2) is 41.6 Å². The Bertz CT molecular complexity index is 1100. The molecule has 0 bridgehead atoms. The van der Waals surface area contributed by atoms with Gasteiger partial charge in [-0.1, -0.05) is 6.07 Å². The number of fused-ring (bicyclic) bond motifs is 2. The van der Waals surface area contributed by atoms with E-state index in [1.165, 1.54) is 6.07 Å². The summed E-state index contributed by atoms with van der Waals surface area (Å²) in [6, 6.07) is 5.92. The number of halogens is 2. The van der Waals surface area contributed by atoms with Crippen molar-refractivity contribution in [2.24, 2.45) is 5.73 Å². The topological polar surface area (TPSA) is 131 Å². The molecular weight excluding hydrogens is 413 g/mol. The predicted octanol–water partition coefficient (Wildman–Crippen LogP) is 2.23. The molecule has 0 spiro atoms. The number of sulfone groups is 1. The zero-order valence-electron chi connectivity index (χ0n) is 13.9. The van der Waals surface area contributed by atoms with Crippen LogP contribution in [-0.2, 0) is 9.84 Å². The second-order valence-corrected chi connectivity index (χ2v) is 7.99. The average Bonchev–Trinajstić information content (AvgIpc) is 3.08. The van der Waals surface area contributed by atoms with Crippen LogP contribution in [0, 0.1) is 0 Å². The van der Waals surface area contributed by atoms with E-state index in [2.05, 4.69) is 20.5 Å². The van der Waals surface area contributed by atoms with Gasteiger partial charge in [0.2, 0.25) is 0 Å². The number of nitrogens with one attached hydrogen (secondary N) is 2. The Hall–Kier alpha value is -2.20. The van der Waals surface area contributed by atoms with Gasteiger partial charge in [-0.15, -0.1) is 24.8 Å². The van der Waals surface area contributed by atoms with Crippen LogP contribution < -0.4 is 11.1 Å². The van der Waals surface area contributed by atoms with Gasteiger partial charge in [0.1, 0.15) is 0 Å². The number of rotatable bonds is 2. The van der Waals surface area contributed by atoms with E-state index in [1.807, 2.05) is 0 Å². The highest BCUT2D eigenvalue weighted by Crippen LogP contribution is 2.31. The molecule has 0 saturated heterocycles. The number of anilines is 1. The van der Waals surface area contributed by atoms with Crippen molar-refractivity contribution >= 4 is 57.3 Å². The number of amides is 1. The Morgan fingerprint density at radius 3 is 2.81 bits per heavy atom. The highest BCUT2D eigenvalue weighted by molar-refractivity contribution is 7.91. The SMILES string of the molecule is Cl.Cl.N[C@H]1CCS(=O)(=O)c2cc(C(=O)Nc3ccnc4[nH]ncc34)ccc21. The van der Waals surface area contributed by atoms with Gasteiger partial charge < -0.3 is 11.1 Å². The fourth-order valence-corrected chi connectivity index (χ4v) is 4.62. The van der Waals surface area contributed by atoms with Crippen LogP contribution in [0.2, 0.25) is 0 Å². The molecule has 2 aromatic heterocycles. The van der Waals surface area contributed by atoms with Crippen LogP contribution in [0.4, 0.5) is 5.69 Å². The highest BCUT2D eigenvalue weighted by atomic mass is 35.5. The molecule has 8 nitrogen and oxygen atoms in total. The van der Waals surface area contributed by atoms with Crippen LogP contribution in [0.1, 0.15) is 28.4 Å². The van der Waals surface area contributed by atoms with Crippen LogP contribution in [0.3, 0.4) is 0 Å². The maximum absolute atomic E-state index is 12.6. The van der Waals surface area contributed by atoms with Crippen molar-refractivity contribution in [1.29, 1.82) is 0 Å². The minimum absolute atomic E-state index is 0. The standard InChI is InChI=1S/C16H15N5O3S.2ClH/c17-12-4-6-25(23,24)14-7-9(1-2-10(12)14)16(22)20-13-3-5-18-15-11(13)8-19-21-15;;/h1-3,5,7-8,12H,4,6,17H2,(H2,18,19,20,21,22);2*1H/t12-;;/m0../s1. The van der Waals surface area contributed by atoms with Crippen molar-refractivity contribution in [2.75, 3.05) is 11.1 Å². The van der Waals surface area contributed by atoms with Gasteiger partial charge in [-0.25, -0.2) is 13.4 Å². The van der Waals surface area contributed by atoms with Gasteiger partial charge in [-0.05, 0) is 30.2 Å². The third-order valence-corrected chi connectivity index (χ3v) is 6.11. The molecule has 4 rings (SSSR count). The summed E-state index contributed by atoms with van der Waals surface area (Å²) in [4.78, 5) is 16.8. The summed E-state index contributed by atoms with van der Waals surface area (Å²) in [5.74, 6) is -0.419. The lowest BCUT2D eigenvalue weighted by Gasteiger charge is -2.22. The number of carbonyl (C=O) groups excluding carboxylic acids is 1. The van der Waals surface area contributed by atoms with Crippen molar-refractivity contribution in [1.82, 2.24) is 15.2 Å². The molecule has 0 unspecified atom stereocenters. The minimum atomic E-state index is -3.41. The quantitative estimate of drug-likeness (QED) is 0.572. The first-order valence-corrected chi connectivity index (χ1v) is 9.33. The Labute approximate surface area is 167 Å². The van der Waals surface area contributed by atoms with E-state index in [1.54, 1.807) is 30.6 Å². The van der Waals surface area contributed by atoms with Gasteiger partial charge in [0.15, 0.2) is 15.5 Å². The second-order valence-electron chi connectivity index (χ2n) is 5.91. The number of hydrogen-bond donors (Lipinski definition) is 3. The zero-order chi connectivity index (χ0) is 17.6. The summed E-state index contributed by atoms with van der Waals surface area (Å²) in [6.45, 7) is 0. The van der Waals surface area contributed by atoms with E-state index < -0.39 is 15.7 Å². The normalized spacial score (nSPS) is 17.3. The van der Waals surface area contributed by atoms with E-state index >= 15 is 0 Å². The fourth-order valence-electron chi connectivity index (χ4n) is 2.95. The molecule has 4 N–H and O–H groups in total. The molecule has 3 aromatic rings. The lowest BCUT2D eigenvalue weighted by atomic mass is 10.0. The molecule has 1 atom stereocenters. The Morgan fingerprint density at radius 1 is 1.26 bits per heavy atom. The van der Waals surface area contributed by atoms with Gasteiger partial charge in [0, 0.05) is 17.8 Å². The summed E-state index contributed by atoms with van der Waals surface area (Å²) in [5.41, 5.74) is 7.89. The molecule has 0 aliphatic carbocycles. The average molecular weight is 430 g/mol. The predicted molar refractivity (Wildman–Crippen MR) is 106 cm³/mol. The Balaban J connectivity index is 0.00000131. The molecule has 1 amide bonds. The molecule has 1 aliphatic rings. The molecule has 1 aliphatic heterocycles. The molecule has 3 heterocycles. The van der Waals surface area contributed by atoms with Crippen LogP contribution in [0.5, 0.6) is 0 Å². The van der Waals surface area contributed by atoms with Gasteiger partial charge >= 0.3 is 0 Å². The van der Waals surface area contributed by atoms with Crippen LogP contribution in [-0.4, -0.2) is 35.3 Å². The fraction of sp³-hybridized carbons (Fsp3) is 0.188. The molecule has 144 valence electrons. The number of benzene rings is 1. The Kier molecular flexibility index (Phi) is 6.10. The number of hydrogen-bond acceptors (Lipinski definition) is 6. The van der Waals surface area contributed by atoms with Gasteiger partial charge in [0.05, 0.1) is 27.9 Å². The molecular formula is C16H17Cl2N5O3S. The third-order valence-electron chi connectivity index (χ3n) is 4.31. The van der Waals surface area contributed by atoms with Gasteiger partial charge in [0.25, 0.3) is 5.91 Å². The van der Waals surface area contributed by atoms with Crippen molar-refractivity contribution in [3.63, 3.8) is 0 Å². The number of H-pyrrole nitrogens is 1. The van der Waals surface area contributed by atoms with E-state index in [0.717, 1.165) is 0 Å². The first-order valence-electron chi connectivity index (χ1n) is 7.67. The molecule has 1 aromatic carbocycles. The van der Waals surface area contributed by atoms with Crippen molar-refractivity contribution in [3.8, 4) is 0 Å². The van der Waals surface area contributed by atoms with E-state index in [0.29, 0.717) is 28.7 Å². The molecule has 11 heteroatoms. The summed E-state index contributed by atoms with van der Waals surface area (Å²) >= 11 is 0. The number of aromatic amines is 1. The minimum Gasteiger partial charge on any atom is -0.324 e. The number of carbonyl (C=O) groups is 1. The lowest BCUT2D eigenvalue weighted by Crippen LogP contribution is -2.25. The van der Waals surface area contributed by atoms with E-state index in [9.17, 15) is 13.2 Å². The molecule has 0 fully saturated rings. The number of pyridine rings is 1. The monoisotopic (exact) mass is 429 g/mol. The zero-order valence-corrected chi connectivity index (χ0v) is 16.3. The summed E-state index contributed by atoms with van der Waals surface area (Å²) in [5, 5.41) is 10.1. The van der Waals surface area contributed by atoms with Crippen molar-refractivity contribution in [2.45, 2.75) is 17.4 Å². The number of aromatic nitrogens is 3. The summed E-state index contributed by atoms with van der Waals surface area (Å²) < 4.78 is 24.6. The van der Waals surface area contributed by atoms with E-state index in [4.69, 9.17) is 5.73 Å². The number of nitrogens with two attached hydrogens (primary N) is 1. The van der Waals surface area contributed by atoms with Crippen molar-refractivity contribution < 1.29 is 13.2 Å². The molecule has 0 saturated carbocycles. The third kappa shape index (κ3) is 3.77. The smallest absolute Gasteiger partial charge is 0.255 e. The van der Waals surface area contributed by atoms with Gasteiger partial charge in [-0.2, -0.15) is 5.10 Å². The molecule has 27 heavy (non-hydrogen) atoms.